The van der Waals surface area contributed by atoms with Crippen LogP contribution in [-0.2, 0) is 0 Å². The Labute approximate surface area is 123 Å². The van der Waals surface area contributed by atoms with Gasteiger partial charge in [-0.1, -0.05) is 23.7 Å². The van der Waals surface area contributed by atoms with Gasteiger partial charge in [-0.05, 0) is 46.9 Å². The number of carbonyl (C=O) groups excluding carboxylic acids is 1. The van der Waals surface area contributed by atoms with Crippen molar-refractivity contribution in [2.75, 3.05) is 10.6 Å². The molecule has 2 rings (SSSR count). The second-order valence-electron chi connectivity index (χ2n) is 3.40. The Hall–Kier alpha value is -1.34. The van der Waals surface area contributed by atoms with Crippen LogP contribution in [0.15, 0.2) is 42.6 Å². The molecule has 0 bridgehead atoms. The van der Waals surface area contributed by atoms with Crippen molar-refractivity contribution in [1.29, 1.82) is 0 Å². The Balaban J connectivity index is 2.06. The first-order valence-corrected chi connectivity index (χ1v) is 6.55. The molecule has 0 aliphatic heterocycles. The lowest BCUT2D eigenvalue weighted by Gasteiger charge is -2.09. The van der Waals surface area contributed by atoms with Crippen molar-refractivity contribution < 1.29 is 4.79 Å². The van der Waals surface area contributed by atoms with Crippen molar-refractivity contribution in [3.05, 3.63) is 51.3 Å². The molecule has 0 aliphatic carbocycles. The second kappa shape index (κ2) is 6.01. The second-order valence-corrected chi connectivity index (χ2v) is 4.92. The third kappa shape index (κ3) is 3.33. The molecule has 1 aromatic heterocycles. The molecule has 6 heteroatoms. The van der Waals surface area contributed by atoms with Crippen LogP contribution >= 0.6 is 34.2 Å². The number of para-hydroxylation sites is 1. The Kier molecular flexibility index (Phi) is 4.38. The zero-order chi connectivity index (χ0) is 13.0. The van der Waals surface area contributed by atoms with Crippen molar-refractivity contribution >= 4 is 51.6 Å². The maximum absolute atomic E-state index is 11.8. The summed E-state index contributed by atoms with van der Waals surface area (Å²) in [5.41, 5.74) is 1.22. The van der Waals surface area contributed by atoms with Crippen molar-refractivity contribution in [3.63, 3.8) is 0 Å². The van der Waals surface area contributed by atoms with Crippen molar-refractivity contribution in [2.24, 2.45) is 0 Å². The maximum atomic E-state index is 11.8. The number of benzene rings is 1. The summed E-state index contributed by atoms with van der Waals surface area (Å²) in [6.07, 6.45) is 1.56. The van der Waals surface area contributed by atoms with E-state index in [0.29, 0.717) is 5.69 Å². The number of rotatable bonds is 2. The summed E-state index contributed by atoms with van der Waals surface area (Å²) >= 11 is 8.00. The van der Waals surface area contributed by atoms with E-state index in [1.54, 1.807) is 18.3 Å². The summed E-state index contributed by atoms with van der Waals surface area (Å²) in [6.45, 7) is 0. The van der Waals surface area contributed by atoms with Gasteiger partial charge in [-0.3, -0.25) is 0 Å². The standard InChI is InChI=1S/C12H9ClIN3O/c13-11-10(6-3-7-15-11)17-12(18)16-9-5-2-1-4-8(9)14/h1-7H,(H2,16,17,18). The number of carbonyl (C=O) groups is 1. The van der Waals surface area contributed by atoms with Crippen LogP contribution in [0.4, 0.5) is 16.2 Å². The van der Waals surface area contributed by atoms with E-state index in [-0.39, 0.29) is 11.2 Å². The van der Waals surface area contributed by atoms with Gasteiger partial charge in [-0.15, -0.1) is 0 Å². The number of hydrogen-bond donors (Lipinski definition) is 2. The van der Waals surface area contributed by atoms with Gasteiger partial charge in [0.15, 0.2) is 5.15 Å². The summed E-state index contributed by atoms with van der Waals surface area (Å²) in [4.78, 5) is 15.7. The molecular formula is C12H9ClIN3O. The lowest BCUT2D eigenvalue weighted by molar-refractivity contribution is 0.262. The average molecular weight is 374 g/mol. The molecule has 4 nitrogen and oxygen atoms in total. The molecule has 2 N–H and O–H groups in total. The van der Waals surface area contributed by atoms with Gasteiger partial charge < -0.3 is 10.6 Å². The molecule has 0 saturated carbocycles. The van der Waals surface area contributed by atoms with Crippen molar-refractivity contribution in [1.82, 2.24) is 4.98 Å². The van der Waals surface area contributed by atoms with E-state index < -0.39 is 0 Å². The lowest BCUT2D eigenvalue weighted by Crippen LogP contribution is -2.20. The van der Waals surface area contributed by atoms with Gasteiger partial charge in [0.2, 0.25) is 0 Å². The van der Waals surface area contributed by atoms with Crippen LogP contribution in [-0.4, -0.2) is 11.0 Å². The predicted octanol–water partition coefficient (Wildman–Crippen LogP) is 3.98. The van der Waals surface area contributed by atoms with E-state index in [9.17, 15) is 4.79 Å². The van der Waals surface area contributed by atoms with Crippen LogP contribution in [0.2, 0.25) is 5.15 Å². The topological polar surface area (TPSA) is 54.0 Å². The molecule has 0 fully saturated rings. The monoisotopic (exact) mass is 373 g/mol. The fourth-order valence-electron chi connectivity index (χ4n) is 1.32. The SMILES string of the molecule is O=C(Nc1ccccc1I)Nc1cccnc1Cl. The quantitative estimate of drug-likeness (QED) is 0.618. The zero-order valence-electron chi connectivity index (χ0n) is 9.15. The molecule has 0 saturated heterocycles. The summed E-state index contributed by atoms with van der Waals surface area (Å²) in [7, 11) is 0. The average Bonchev–Trinajstić information content (AvgIpc) is 2.35. The first-order chi connectivity index (χ1) is 8.66. The van der Waals surface area contributed by atoms with Crippen molar-refractivity contribution in [2.45, 2.75) is 0 Å². The Morgan fingerprint density at radius 3 is 2.50 bits per heavy atom. The number of amides is 2. The van der Waals surface area contributed by atoms with E-state index in [2.05, 4.69) is 38.2 Å². The third-order valence-electron chi connectivity index (χ3n) is 2.13. The van der Waals surface area contributed by atoms with E-state index in [1.165, 1.54) is 0 Å². The largest absolute Gasteiger partial charge is 0.323 e. The molecule has 0 unspecified atom stereocenters. The molecule has 1 heterocycles. The van der Waals surface area contributed by atoms with Crippen LogP contribution < -0.4 is 10.6 Å². The van der Waals surface area contributed by atoms with Gasteiger partial charge in [0.1, 0.15) is 0 Å². The van der Waals surface area contributed by atoms with Gasteiger partial charge in [0, 0.05) is 9.77 Å². The van der Waals surface area contributed by atoms with E-state index in [4.69, 9.17) is 11.6 Å². The summed E-state index contributed by atoms with van der Waals surface area (Å²) in [5.74, 6) is 0. The fourth-order valence-corrected chi connectivity index (χ4v) is 2.01. The first-order valence-electron chi connectivity index (χ1n) is 5.10. The van der Waals surface area contributed by atoms with Gasteiger partial charge in [0.25, 0.3) is 0 Å². The van der Waals surface area contributed by atoms with Crippen LogP contribution in [0, 0.1) is 3.57 Å². The predicted molar refractivity (Wildman–Crippen MR) is 81.0 cm³/mol. The normalized spacial score (nSPS) is 9.89. The van der Waals surface area contributed by atoms with Crippen LogP contribution in [0.5, 0.6) is 0 Å². The van der Waals surface area contributed by atoms with Crippen LogP contribution in [0.3, 0.4) is 0 Å². The Morgan fingerprint density at radius 1 is 1.11 bits per heavy atom. The van der Waals surface area contributed by atoms with E-state index in [0.717, 1.165) is 9.26 Å². The van der Waals surface area contributed by atoms with Crippen LogP contribution in [0.25, 0.3) is 0 Å². The maximum Gasteiger partial charge on any atom is 0.323 e. The van der Waals surface area contributed by atoms with Gasteiger partial charge >= 0.3 is 6.03 Å². The highest BCUT2D eigenvalue weighted by molar-refractivity contribution is 14.1. The minimum atomic E-state index is -0.353. The van der Waals surface area contributed by atoms with Gasteiger partial charge in [-0.2, -0.15) is 0 Å². The molecule has 0 aliphatic rings. The smallest absolute Gasteiger partial charge is 0.307 e. The highest BCUT2D eigenvalue weighted by atomic mass is 127. The zero-order valence-corrected chi connectivity index (χ0v) is 12.1. The molecule has 18 heavy (non-hydrogen) atoms. The summed E-state index contributed by atoms with van der Waals surface area (Å²) in [6, 6.07) is 10.5. The number of urea groups is 1. The summed E-state index contributed by atoms with van der Waals surface area (Å²) in [5, 5.41) is 5.64. The molecule has 0 atom stereocenters. The highest BCUT2D eigenvalue weighted by Crippen LogP contribution is 2.19. The third-order valence-corrected chi connectivity index (χ3v) is 3.37. The number of hydrogen-bond acceptors (Lipinski definition) is 2. The molecule has 1 aromatic carbocycles. The molecule has 0 radical (unpaired) electrons. The molecule has 2 aromatic rings. The number of aromatic nitrogens is 1. The lowest BCUT2D eigenvalue weighted by atomic mass is 10.3. The minimum Gasteiger partial charge on any atom is -0.307 e. The Bertz CT molecular complexity index is 527. The molecule has 92 valence electrons. The molecule has 0 spiro atoms. The van der Waals surface area contributed by atoms with Gasteiger partial charge in [0.05, 0.1) is 11.4 Å². The summed E-state index contributed by atoms with van der Waals surface area (Å²) < 4.78 is 0.961. The fraction of sp³-hybridized carbons (Fsp3) is 0. The number of nitrogens with zero attached hydrogens (tertiary/aromatic N) is 1. The molecule has 2 amide bonds. The van der Waals surface area contributed by atoms with E-state index >= 15 is 0 Å². The first kappa shape index (κ1) is 13.1. The van der Waals surface area contributed by atoms with E-state index in [1.807, 2.05) is 24.3 Å². The Morgan fingerprint density at radius 2 is 1.78 bits per heavy atom. The number of anilines is 2. The van der Waals surface area contributed by atoms with Crippen molar-refractivity contribution in [3.8, 4) is 0 Å². The minimum absolute atomic E-state index is 0.260. The van der Waals surface area contributed by atoms with Gasteiger partial charge in [-0.25, -0.2) is 9.78 Å². The number of halogens is 2. The molecular weight excluding hydrogens is 365 g/mol. The highest BCUT2D eigenvalue weighted by Gasteiger charge is 2.07. The number of pyridine rings is 1. The number of nitrogens with one attached hydrogen (secondary N) is 2. The van der Waals surface area contributed by atoms with Crippen LogP contribution in [0.1, 0.15) is 0 Å².